The van der Waals surface area contributed by atoms with E-state index in [1.165, 1.54) is 34.2 Å². The lowest BCUT2D eigenvalue weighted by molar-refractivity contribution is 0.445. The number of benzene rings is 1. The van der Waals surface area contributed by atoms with Crippen LogP contribution in [-0.4, -0.2) is 6.54 Å². The highest BCUT2D eigenvalue weighted by atomic mass is 32.1. The Morgan fingerprint density at radius 2 is 1.95 bits per heavy atom. The molecule has 0 radical (unpaired) electrons. The largest absolute Gasteiger partial charge is 0.309 e. The van der Waals surface area contributed by atoms with Crippen LogP contribution < -0.4 is 5.32 Å². The molecule has 0 aliphatic carbocycles. The maximum Gasteiger partial charge on any atom is 0.0415 e. The van der Waals surface area contributed by atoms with Crippen molar-refractivity contribution in [3.8, 4) is 0 Å². The second kappa shape index (κ2) is 7.06. The van der Waals surface area contributed by atoms with Crippen molar-refractivity contribution in [3.63, 3.8) is 0 Å². The molecule has 0 bridgehead atoms. The normalized spacial score (nSPS) is 13.3. The zero-order chi connectivity index (χ0) is 13.7. The van der Waals surface area contributed by atoms with Gasteiger partial charge in [-0.3, -0.25) is 0 Å². The van der Waals surface area contributed by atoms with Crippen molar-refractivity contribution in [2.24, 2.45) is 5.92 Å². The van der Waals surface area contributed by atoms with Crippen LogP contribution >= 0.6 is 11.3 Å². The number of hydrogen-bond acceptors (Lipinski definition) is 2. The number of rotatable bonds is 7. The van der Waals surface area contributed by atoms with Crippen molar-refractivity contribution in [1.82, 2.24) is 5.32 Å². The van der Waals surface area contributed by atoms with E-state index < -0.39 is 0 Å². The Kier molecular flexibility index (Phi) is 5.41. The Morgan fingerprint density at radius 3 is 2.63 bits per heavy atom. The van der Waals surface area contributed by atoms with Gasteiger partial charge in [0.25, 0.3) is 0 Å². The average molecular weight is 275 g/mol. The molecular formula is C17H25NS. The van der Waals surface area contributed by atoms with Gasteiger partial charge in [-0.1, -0.05) is 39.0 Å². The molecule has 1 N–H and O–H groups in total. The minimum absolute atomic E-state index is 0.528. The molecule has 0 spiro atoms. The molecule has 1 aromatic heterocycles. The predicted octanol–water partition coefficient (Wildman–Crippen LogP) is 5.38. The molecule has 1 atom stereocenters. The highest BCUT2D eigenvalue weighted by molar-refractivity contribution is 7.19. The van der Waals surface area contributed by atoms with Gasteiger partial charge in [0.05, 0.1) is 0 Å². The van der Waals surface area contributed by atoms with Gasteiger partial charge in [0.1, 0.15) is 0 Å². The zero-order valence-corrected chi connectivity index (χ0v) is 13.1. The van der Waals surface area contributed by atoms with Crippen molar-refractivity contribution >= 4 is 21.4 Å². The summed E-state index contributed by atoms with van der Waals surface area (Å²) in [7, 11) is 0. The van der Waals surface area contributed by atoms with Crippen LogP contribution in [0.3, 0.4) is 0 Å². The van der Waals surface area contributed by atoms with Gasteiger partial charge in [0, 0.05) is 15.6 Å². The maximum absolute atomic E-state index is 3.71. The summed E-state index contributed by atoms with van der Waals surface area (Å²) in [5.74, 6) is 0.778. The first kappa shape index (κ1) is 14.5. The summed E-state index contributed by atoms with van der Waals surface area (Å²) in [6.07, 6.45) is 3.73. The summed E-state index contributed by atoms with van der Waals surface area (Å²) in [4.78, 5) is 1.50. The summed E-state index contributed by atoms with van der Waals surface area (Å²) in [6, 6.07) is 11.6. The third-order valence-corrected chi connectivity index (χ3v) is 4.69. The molecule has 1 nitrogen and oxygen atoms in total. The number of fused-ring (bicyclic) bond motifs is 1. The lowest BCUT2D eigenvalue weighted by Gasteiger charge is -2.18. The minimum Gasteiger partial charge on any atom is -0.309 e. The molecule has 104 valence electrons. The third-order valence-electron chi connectivity index (χ3n) is 3.46. The van der Waals surface area contributed by atoms with Gasteiger partial charge < -0.3 is 5.32 Å². The molecule has 2 heteroatoms. The topological polar surface area (TPSA) is 12.0 Å². The zero-order valence-electron chi connectivity index (χ0n) is 12.3. The van der Waals surface area contributed by atoms with Crippen LogP contribution in [0.1, 0.15) is 51.0 Å². The van der Waals surface area contributed by atoms with E-state index in [1.807, 2.05) is 11.3 Å². The Morgan fingerprint density at radius 1 is 1.16 bits per heavy atom. The molecule has 1 heterocycles. The van der Waals surface area contributed by atoms with Gasteiger partial charge >= 0.3 is 0 Å². The first-order valence-electron chi connectivity index (χ1n) is 7.42. The first-order chi connectivity index (χ1) is 9.20. The quantitative estimate of drug-likeness (QED) is 0.715. The lowest BCUT2D eigenvalue weighted by Crippen LogP contribution is -2.21. The number of thiophene rings is 1. The molecule has 2 aromatic rings. The molecule has 0 aliphatic heterocycles. The standard InChI is InChI=1S/C17H25NS/c1-4-11-18-15(10-9-13(2)3)17-12-14-7-5-6-8-16(14)19-17/h5-8,12-13,15,18H,4,9-11H2,1-3H3. The van der Waals surface area contributed by atoms with E-state index >= 15 is 0 Å². The summed E-state index contributed by atoms with van der Waals surface area (Å²) >= 11 is 1.94. The van der Waals surface area contributed by atoms with Crippen molar-refractivity contribution in [2.75, 3.05) is 6.54 Å². The number of hydrogen-bond donors (Lipinski definition) is 1. The summed E-state index contributed by atoms with van der Waals surface area (Å²) < 4.78 is 1.41. The molecule has 0 aliphatic rings. The van der Waals surface area contributed by atoms with E-state index in [1.54, 1.807) is 0 Å². The highest BCUT2D eigenvalue weighted by Crippen LogP contribution is 2.32. The molecule has 19 heavy (non-hydrogen) atoms. The van der Waals surface area contributed by atoms with Crippen LogP contribution in [-0.2, 0) is 0 Å². The van der Waals surface area contributed by atoms with Crippen molar-refractivity contribution in [2.45, 2.75) is 46.1 Å². The molecular weight excluding hydrogens is 250 g/mol. The molecule has 0 fully saturated rings. The van der Waals surface area contributed by atoms with Gasteiger partial charge in [0.2, 0.25) is 0 Å². The van der Waals surface area contributed by atoms with Gasteiger partial charge in [-0.2, -0.15) is 0 Å². The highest BCUT2D eigenvalue weighted by Gasteiger charge is 2.14. The summed E-state index contributed by atoms with van der Waals surface area (Å²) in [5.41, 5.74) is 0. The van der Waals surface area contributed by atoms with Crippen LogP contribution in [0.4, 0.5) is 0 Å². The van der Waals surface area contributed by atoms with E-state index in [0.29, 0.717) is 6.04 Å². The second-order valence-electron chi connectivity index (χ2n) is 5.66. The SMILES string of the molecule is CCCNC(CCC(C)C)c1cc2ccccc2s1. The lowest BCUT2D eigenvalue weighted by atomic mass is 10.0. The fraction of sp³-hybridized carbons (Fsp3) is 0.529. The fourth-order valence-corrected chi connectivity index (χ4v) is 3.51. The Labute approximate surface area is 121 Å². The molecule has 2 rings (SSSR count). The maximum atomic E-state index is 3.71. The molecule has 0 saturated heterocycles. The van der Waals surface area contributed by atoms with Crippen molar-refractivity contribution in [3.05, 3.63) is 35.2 Å². The summed E-state index contributed by atoms with van der Waals surface area (Å²) in [6.45, 7) is 7.96. The Balaban J connectivity index is 2.15. The van der Waals surface area contributed by atoms with Gasteiger partial charge in [-0.05, 0) is 49.2 Å². The van der Waals surface area contributed by atoms with Crippen LogP contribution in [0.15, 0.2) is 30.3 Å². The summed E-state index contributed by atoms with van der Waals surface area (Å²) in [5, 5.41) is 5.10. The average Bonchev–Trinajstić information content (AvgIpc) is 2.82. The first-order valence-corrected chi connectivity index (χ1v) is 8.24. The van der Waals surface area contributed by atoms with E-state index in [0.717, 1.165) is 12.5 Å². The van der Waals surface area contributed by atoms with E-state index in [9.17, 15) is 0 Å². The smallest absolute Gasteiger partial charge is 0.0415 e. The van der Waals surface area contributed by atoms with Crippen LogP contribution in [0.25, 0.3) is 10.1 Å². The monoisotopic (exact) mass is 275 g/mol. The molecule has 1 unspecified atom stereocenters. The fourth-order valence-electron chi connectivity index (χ4n) is 2.34. The molecule has 0 saturated carbocycles. The van der Waals surface area contributed by atoms with Gasteiger partial charge in [-0.25, -0.2) is 0 Å². The van der Waals surface area contributed by atoms with Crippen LogP contribution in [0, 0.1) is 5.92 Å². The minimum atomic E-state index is 0.528. The van der Waals surface area contributed by atoms with Crippen molar-refractivity contribution < 1.29 is 0 Å². The number of nitrogens with one attached hydrogen (secondary N) is 1. The van der Waals surface area contributed by atoms with E-state index in [4.69, 9.17) is 0 Å². The second-order valence-corrected chi connectivity index (χ2v) is 6.78. The van der Waals surface area contributed by atoms with E-state index in [2.05, 4.69) is 56.4 Å². The molecule has 0 amide bonds. The Bertz CT molecular complexity index is 468. The third kappa shape index (κ3) is 4.05. The van der Waals surface area contributed by atoms with Gasteiger partial charge in [0.15, 0.2) is 0 Å². The van der Waals surface area contributed by atoms with Crippen LogP contribution in [0.5, 0.6) is 0 Å². The Hall–Kier alpha value is -0.860. The van der Waals surface area contributed by atoms with Crippen molar-refractivity contribution in [1.29, 1.82) is 0 Å². The predicted molar refractivity (Wildman–Crippen MR) is 86.9 cm³/mol. The van der Waals surface area contributed by atoms with Gasteiger partial charge in [-0.15, -0.1) is 11.3 Å². The van der Waals surface area contributed by atoms with E-state index in [-0.39, 0.29) is 0 Å². The molecule has 1 aromatic carbocycles. The van der Waals surface area contributed by atoms with Crippen LogP contribution in [0.2, 0.25) is 0 Å².